The average molecular weight is 460 g/mol. The molecule has 0 saturated carbocycles. The van der Waals surface area contributed by atoms with Gasteiger partial charge in [-0.1, -0.05) is 30.3 Å². The van der Waals surface area contributed by atoms with Crippen LogP contribution in [0.4, 0.5) is 4.39 Å². The number of halogens is 1. The standard InChI is InChI=1S/C29H34FN3O/c1-32-17-12-29(13-18-32,21-25-5-2-3-7-26(25)30)28(34)33-15-10-22(11-16-33)19-23-8-9-27-24(20-23)6-4-14-31-27/h2-9,14,20,22H,10-13,15-19,21H2,1H3. The van der Waals surface area contributed by atoms with Crippen LogP contribution >= 0.6 is 0 Å². The Morgan fingerprint density at radius 1 is 1.03 bits per heavy atom. The highest BCUT2D eigenvalue weighted by Gasteiger charge is 2.44. The zero-order valence-electron chi connectivity index (χ0n) is 20.0. The Hall–Kier alpha value is -2.79. The van der Waals surface area contributed by atoms with E-state index >= 15 is 0 Å². The monoisotopic (exact) mass is 459 g/mol. The van der Waals surface area contributed by atoms with Gasteiger partial charge in [0, 0.05) is 24.7 Å². The summed E-state index contributed by atoms with van der Waals surface area (Å²) < 4.78 is 14.5. The normalized spacial score (nSPS) is 19.4. The van der Waals surface area contributed by atoms with E-state index in [2.05, 4.69) is 46.1 Å². The molecule has 0 N–H and O–H groups in total. The van der Waals surface area contributed by atoms with Crippen molar-refractivity contribution in [3.63, 3.8) is 0 Å². The molecule has 0 unspecified atom stereocenters. The molecule has 2 aliphatic heterocycles. The number of benzene rings is 2. The minimum absolute atomic E-state index is 0.196. The van der Waals surface area contributed by atoms with Crippen molar-refractivity contribution in [2.24, 2.45) is 11.3 Å². The first kappa shape index (κ1) is 23.0. The van der Waals surface area contributed by atoms with Crippen LogP contribution in [0.15, 0.2) is 60.8 Å². The highest BCUT2D eigenvalue weighted by Crippen LogP contribution is 2.38. The van der Waals surface area contributed by atoms with Gasteiger partial charge in [-0.15, -0.1) is 0 Å². The van der Waals surface area contributed by atoms with Crippen molar-refractivity contribution in [1.82, 2.24) is 14.8 Å². The molecule has 0 radical (unpaired) electrons. The molecule has 0 aliphatic carbocycles. The number of pyridine rings is 1. The van der Waals surface area contributed by atoms with Crippen LogP contribution in [0.2, 0.25) is 0 Å². The van der Waals surface area contributed by atoms with Gasteiger partial charge in [-0.05, 0) is 100.0 Å². The zero-order valence-corrected chi connectivity index (χ0v) is 20.0. The van der Waals surface area contributed by atoms with Crippen LogP contribution < -0.4 is 0 Å². The number of nitrogens with zero attached hydrogens (tertiary/aromatic N) is 3. The number of hydrogen-bond acceptors (Lipinski definition) is 3. The number of carbonyl (C=O) groups excluding carboxylic acids is 1. The SMILES string of the molecule is CN1CCC(Cc2ccccc2F)(C(=O)N2CCC(Cc3ccc4ncccc4c3)CC2)CC1. The molecule has 0 atom stereocenters. The van der Waals surface area contributed by atoms with E-state index in [1.165, 1.54) is 17.0 Å². The third kappa shape index (κ3) is 4.85. The summed E-state index contributed by atoms with van der Waals surface area (Å²) in [6.45, 7) is 3.36. The first-order valence-electron chi connectivity index (χ1n) is 12.6. The lowest BCUT2D eigenvalue weighted by Crippen LogP contribution is -2.52. The number of hydrogen-bond donors (Lipinski definition) is 0. The molecule has 34 heavy (non-hydrogen) atoms. The third-order valence-electron chi connectivity index (χ3n) is 7.98. The summed E-state index contributed by atoms with van der Waals surface area (Å²) in [4.78, 5) is 22.7. The van der Waals surface area contributed by atoms with Crippen molar-refractivity contribution in [3.05, 3.63) is 77.7 Å². The van der Waals surface area contributed by atoms with Gasteiger partial charge in [-0.25, -0.2) is 4.39 Å². The molecule has 1 amide bonds. The lowest BCUT2D eigenvalue weighted by atomic mass is 9.72. The summed E-state index contributed by atoms with van der Waals surface area (Å²) in [5.74, 6) is 0.621. The highest BCUT2D eigenvalue weighted by atomic mass is 19.1. The van der Waals surface area contributed by atoms with Gasteiger partial charge in [0.05, 0.1) is 10.9 Å². The molecule has 5 heteroatoms. The summed E-state index contributed by atoms with van der Waals surface area (Å²) in [6, 6.07) is 17.6. The highest BCUT2D eigenvalue weighted by molar-refractivity contribution is 5.83. The van der Waals surface area contributed by atoms with Crippen molar-refractivity contribution in [2.45, 2.75) is 38.5 Å². The van der Waals surface area contributed by atoms with E-state index in [0.29, 0.717) is 17.9 Å². The lowest BCUT2D eigenvalue weighted by molar-refractivity contribution is -0.146. The summed E-state index contributed by atoms with van der Waals surface area (Å²) in [7, 11) is 2.10. The van der Waals surface area contributed by atoms with Gasteiger partial charge >= 0.3 is 0 Å². The van der Waals surface area contributed by atoms with Crippen molar-refractivity contribution in [2.75, 3.05) is 33.2 Å². The largest absolute Gasteiger partial charge is 0.342 e. The fraction of sp³-hybridized carbons (Fsp3) is 0.448. The summed E-state index contributed by atoms with van der Waals surface area (Å²) in [6.07, 6.45) is 7.00. The predicted octanol–water partition coefficient (Wildman–Crippen LogP) is 5.11. The van der Waals surface area contributed by atoms with Crippen molar-refractivity contribution >= 4 is 16.8 Å². The maximum absolute atomic E-state index is 14.5. The Balaban J connectivity index is 1.25. The van der Waals surface area contributed by atoms with E-state index in [9.17, 15) is 9.18 Å². The first-order valence-corrected chi connectivity index (χ1v) is 12.6. The van der Waals surface area contributed by atoms with Crippen molar-refractivity contribution < 1.29 is 9.18 Å². The molecule has 0 bridgehead atoms. The molecule has 4 nitrogen and oxygen atoms in total. The fourth-order valence-corrected chi connectivity index (χ4v) is 5.78. The molecule has 2 aliphatic rings. The number of carbonyl (C=O) groups is 1. The molecule has 2 fully saturated rings. The second-order valence-electron chi connectivity index (χ2n) is 10.3. The molecule has 3 aromatic rings. The van der Waals surface area contributed by atoms with E-state index in [1.807, 2.05) is 24.4 Å². The Kier molecular flexibility index (Phi) is 6.64. The van der Waals surface area contributed by atoms with Gasteiger partial charge < -0.3 is 9.80 Å². The van der Waals surface area contributed by atoms with Gasteiger partial charge in [0.2, 0.25) is 5.91 Å². The Labute approximate surface area is 201 Å². The molecule has 1 aromatic heterocycles. The zero-order chi connectivity index (χ0) is 23.5. The van der Waals surface area contributed by atoms with Gasteiger partial charge in [-0.2, -0.15) is 0 Å². The number of rotatable bonds is 5. The van der Waals surface area contributed by atoms with Crippen molar-refractivity contribution in [3.8, 4) is 0 Å². The van der Waals surface area contributed by atoms with Crippen LogP contribution in [-0.4, -0.2) is 53.9 Å². The number of likely N-dealkylation sites (tertiary alicyclic amines) is 2. The Bertz CT molecular complexity index is 1150. The van der Waals surface area contributed by atoms with Crippen LogP contribution in [0.5, 0.6) is 0 Å². The van der Waals surface area contributed by atoms with Crippen LogP contribution in [0.25, 0.3) is 10.9 Å². The van der Waals surface area contributed by atoms with E-state index in [-0.39, 0.29) is 11.7 Å². The maximum atomic E-state index is 14.5. The number of amides is 1. The maximum Gasteiger partial charge on any atom is 0.229 e. The molecule has 3 heterocycles. The molecule has 178 valence electrons. The van der Waals surface area contributed by atoms with Crippen LogP contribution in [0.3, 0.4) is 0 Å². The lowest BCUT2D eigenvalue weighted by Gasteiger charge is -2.44. The van der Waals surface area contributed by atoms with Gasteiger partial charge in [0.25, 0.3) is 0 Å². The second kappa shape index (κ2) is 9.83. The molecular weight excluding hydrogens is 425 g/mol. The topological polar surface area (TPSA) is 36.4 Å². The number of piperidine rings is 2. The van der Waals surface area contributed by atoms with Crippen LogP contribution in [-0.2, 0) is 17.6 Å². The molecular formula is C29H34FN3O. The van der Waals surface area contributed by atoms with Gasteiger partial charge in [0.15, 0.2) is 0 Å². The minimum atomic E-state index is -0.493. The fourth-order valence-electron chi connectivity index (χ4n) is 5.78. The van der Waals surface area contributed by atoms with Gasteiger partial charge in [-0.3, -0.25) is 9.78 Å². The smallest absolute Gasteiger partial charge is 0.229 e. The third-order valence-corrected chi connectivity index (χ3v) is 7.98. The van der Waals surface area contributed by atoms with E-state index in [4.69, 9.17) is 0 Å². The molecule has 2 aromatic carbocycles. The minimum Gasteiger partial charge on any atom is -0.342 e. The second-order valence-corrected chi connectivity index (χ2v) is 10.3. The summed E-state index contributed by atoms with van der Waals surface area (Å²) >= 11 is 0. The number of aromatic nitrogens is 1. The molecule has 5 rings (SSSR count). The van der Waals surface area contributed by atoms with Crippen LogP contribution in [0.1, 0.15) is 36.8 Å². The van der Waals surface area contributed by atoms with Gasteiger partial charge in [0.1, 0.15) is 5.82 Å². The molecule has 2 saturated heterocycles. The predicted molar refractivity (Wildman–Crippen MR) is 134 cm³/mol. The Morgan fingerprint density at radius 3 is 2.56 bits per heavy atom. The van der Waals surface area contributed by atoms with Crippen molar-refractivity contribution in [1.29, 1.82) is 0 Å². The van der Waals surface area contributed by atoms with E-state index < -0.39 is 5.41 Å². The average Bonchev–Trinajstić information content (AvgIpc) is 2.87. The number of fused-ring (bicyclic) bond motifs is 1. The first-order chi connectivity index (χ1) is 16.5. The molecule has 0 spiro atoms. The Morgan fingerprint density at radius 2 is 1.79 bits per heavy atom. The summed E-state index contributed by atoms with van der Waals surface area (Å²) in [5, 5.41) is 1.19. The van der Waals surface area contributed by atoms with Crippen LogP contribution in [0, 0.1) is 17.2 Å². The van der Waals surface area contributed by atoms with E-state index in [0.717, 1.165) is 63.8 Å². The van der Waals surface area contributed by atoms with E-state index in [1.54, 1.807) is 6.07 Å². The quantitative estimate of drug-likeness (QED) is 0.532. The summed E-state index contributed by atoms with van der Waals surface area (Å²) in [5.41, 5.74) is 2.55.